The first-order valence-electron chi connectivity index (χ1n) is 7.40. The van der Waals surface area contributed by atoms with E-state index in [0.717, 1.165) is 31.8 Å². The highest BCUT2D eigenvalue weighted by molar-refractivity contribution is 6.02. The highest BCUT2D eigenvalue weighted by Crippen LogP contribution is 2.09. The van der Waals surface area contributed by atoms with Crippen molar-refractivity contribution in [3.63, 3.8) is 0 Å². The number of carbonyl (C=O) groups is 2. The van der Waals surface area contributed by atoms with Crippen molar-refractivity contribution in [2.24, 2.45) is 0 Å². The van der Waals surface area contributed by atoms with Crippen molar-refractivity contribution in [1.29, 1.82) is 0 Å². The second-order valence-corrected chi connectivity index (χ2v) is 4.75. The minimum absolute atomic E-state index is 0.343. The lowest BCUT2D eigenvalue weighted by atomic mass is 10.1. The molecule has 0 aliphatic carbocycles. The van der Waals surface area contributed by atoms with E-state index < -0.39 is 5.97 Å². The molecule has 0 aliphatic heterocycles. The zero-order chi connectivity index (χ0) is 15.5. The fourth-order valence-corrected chi connectivity index (χ4v) is 1.72. The van der Waals surface area contributed by atoms with Crippen molar-refractivity contribution in [1.82, 2.24) is 0 Å². The van der Waals surface area contributed by atoms with Gasteiger partial charge in [0.05, 0.1) is 6.61 Å². The number of benzene rings is 1. The number of nitrogens with one attached hydrogen (secondary N) is 1. The molecule has 0 radical (unpaired) electrons. The normalized spacial score (nSPS) is 10.6. The third kappa shape index (κ3) is 7.30. The predicted octanol–water partition coefficient (Wildman–Crippen LogP) is 3.48. The van der Waals surface area contributed by atoms with Crippen LogP contribution in [0.2, 0.25) is 0 Å². The molecule has 0 saturated heterocycles. The van der Waals surface area contributed by atoms with E-state index in [1.165, 1.54) is 11.6 Å². The van der Waals surface area contributed by atoms with Crippen LogP contribution in [0.25, 0.3) is 0 Å². The summed E-state index contributed by atoms with van der Waals surface area (Å²) in [6.07, 6.45) is 6.26. The van der Waals surface area contributed by atoms with Gasteiger partial charge in [-0.2, -0.15) is 0 Å². The zero-order valence-corrected chi connectivity index (χ0v) is 12.7. The summed E-state index contributed by atoms with van der Waals surface area (Å²) >= 11 is 0. The van der Waals surface area contributed by atoms with Crippen LogP contribution in [0.4, 0.5) is 5.69 Å². The number of hydrogen-bond donors (Lipinski definition) is 1. The van der Waals surface area contributed by atoms with E-state index in [9.17, 15) is 9.59 Å². The Bertz CT molecular complexity index is 477. The van der Waals surface area contributed by atoms with E-state index in [4.69, 9.17) is 4.74 Å². The summed E-state index contributed by atoms with van der Waals surface area (Å²) < 4.78 is 4.97. The molecule has 1 aromatic carbocycles. The molecular formula is C17H23NO3. The molecule has 0 aromatic heterocycles. The van der Waals surface area contributed by atoms with Crippen LogP contribution in [-0.2, 0) is 20.7 Å². The van der Waals surface area contributed by atoms with E-state index in [2.05, 4.69) is 19.2 Å². The average Bonchev–Trinajstić information content (AvgIpc) is 2.50. The molecule has 1 aromatic rings. The molecule has 1 rings (SSSR count). The maximum absolute atomic E-state index is 11.6. The van der Waals surface area contributed by atoms with Gasteiger partial charge in [0, 0.05) is 17.8 Å². The van der Waals surface area contributed by atoms with Crippen LogP contribution in [0.1, 0.15) is 38.7 Å². The fourth-order valence-electron chi connectivity index (χ4n) is 1.72. The average molecular weight is 289 g/mol. The van der Waals surface area contributed by atoms with Crippen LogP contribution in [0.5, 0.6) is 0 Å². The van der Waals surface area contributed by atoms with Crippen LogP contribution < -0.4 is 5.32 Å². The van der Waals surface area contributed by atoms with Gasteiger partial charge in [-0.3, -0.25) is 4.79 Å². The Hall–Kier alpha value is -2.10. The second-order valence-electron chi connectivity index (χ2n) is 4.75. The van der Waals surface area contributed by atoms with Crippen LogP contribution in [-0.4, -0.2) is 18.5 Å². The molecular weight excluding hydrogens is 266 g/mol. The monoisotopic (exact) mass is 289 g/mol. The van der Waals surface area contributed by atoms with Gasteiger partial charge in [0.2, 0.25) is 5.91 Å². The molecule has 0 heterocycles. The van der Waals surface area contributed by atoms with Crippen LogP contribution in [0, 0.1) is 0 Å². The van der Waals surface area contributed by atoms with Crippen molar-refractivity contribution in [2.75, 3.05) is 11.9 Å². The predicted molar refractivity (Wildman–Crippen MR) is 84.1 cm³/mol. The van der Waals surface area contributed by atoms with E-state index in [1.807, 2.05) is 24.3 Å². The Morgan fingerprint density at radius 2 is 1.81 bits per heavy atom. The van der Waals surface area contributed by atoms with Crippen LogP contribution in [0.3, 0.4) is 0 Å². The van der Waals surface area contributed by atoms with Gasteiger partial charge in [-0.1, -0.05) is 38.8 Å². The molecule has 4 nitrogen and oxygen atoms in total. The highest BCUT2D eigenvalue weighted by Gasteiger charge is 2.01. The number of ether oxygens (including phenoxy) is 1. The van der Waals surface area contributed by atoms with Gasteiger partial charge in [-0.05, 0) is 30.5 Å². The van der Waals surface area contributed by atoms with Crippen molar-refractivity contribution in [3.05, 3.63) is 42.0 Å². The molecule has 0 atom stereocenters. The number of anilines is 1. The number of amides is 1. The number of hydrogen-bond acceptors (Lipinski definition) is 3. The SMILES string of the molecule is CCCCCOC(=O)/C=C/C(=O)Nc1ccc(CC)cc1. The van der Waals surface area contributed by atoms with E-state index in [0.29, 0.717) is 12.3 Å². The van der Waals surface area contributed by atoms with E-state index in [-0.39, 0.29) is 5.91 Å². The maximum atomic E-state index is 11.6. The largest absolute Gasteiger partial charge is 0.463 e. The summed E-state index contributed by atoms with van der Waals surface area (Å²) in [5.41, 5.74) is 1.91. The molecule has 0 fully saturated rings. The Labute approximate surface area is 126 Å². The Balaban J connectivity index is 2.34. The van der Waals surface area contributed by atoms with Crippen LogP contribution in [0.15, 0.2) is 36.4 Å². The summed E-state index contributed by atoms with van der Waals surface area (Å²) in [5, 5.41) is 2.69. The van der Waals surface area contributed by atoms with Crippen molar-refractivity contribution >= 4 is 17.6 Å². The molecule has 0 bridgehead atoms. The first-order valence-corrected chi connectivity index (χ1v) is 7.40. The molecule has 0 aliphatic rings. The van der Waals surface area contributed by atoms with Crippen LogP contribution >= 0.6 is 0 Å². The molecule has 21 heavy (non-hydrogen) atoms. The zero-order valence-electron chi connectivity index (χ0n) is 12.7. The number of unbranched alkanes of at least 4 members (excludes halogenated alkanes) is 2. The number of carbonyl (C=O) groups excluding carboxylic acids is 2. The summed E-state index contributed by atoms with van der Waals surface area (Å²) in [4.78, 5) is 23.0. The molecule has 1 N–H and O–H groups in total. The van der Waals surface area contributed by atoms with E-state index in [1.54, 1.807) is 0 Å². The first kappa shape index (κ1) is 17.0. The molecule has 4 heteroatoms. The van der Waals surface area contributed by atoms with Crippen molar-refractivity contribution in [3.8, 4) is 0 Å². The van der Waals surface area contributed by atoms with Gasteiger partial charge in [0.1, 0.15) is 0 Å². The quantitative estimate of drug-likeness (QED) is 0.453. The minimum Gasteiger partial charge on any atom is -0.463 e. The summed E-state index contributed by atoms with van der Waals surface area (Å²) in [6.45, 7) is 4.55. The summed E-state index contributed by atoms with van der Waals surface area (Å²) in [6, 6.07) is 7.60. The molecule has 0 unspecified atom stereocenters. The highest BCUT2D eigenvalue weighted by atomic mass is 16.5. The Morgan fingerprint density at radius 3 is 2.43 bits per heavy atom. The molecule has 0 spiro atoms. The lowest BCUT2D eigenvalue weighted by molar-refractivity contribution is -0.138. The topological polar surface area (TPSA) is 55.4 Å². The smallest absolute Gasteiger partial charge is 0.330 e. The van der Waals surface area contributed by atoms with Gasteiger partial charge in [-0.25, -0.2) is 4.79 Å². The van der Waals surface area contributed by atoms with Gasteiger partial charge < -0.3 is 10.1 Å². The Morgan fingerprint density at radius 1 is 1.10 bits per heavy atom. The summed E-state index contributed by atoms with van der Waals surface area (Å²) in [7, 11) is 0. The lowest BCUT2D eigenvalue weighted by Gasteiger charge is -2.03. The number of aryl methyl sites for hydroxylation is 1. The second kappa shape index (κ2) is 9.75. The standard InChI is InChI=1S/C17H23NO3/c1-3-5-6-13-21-17(20)12-11-16(19)18-15-9-7-14(4-2)8-10-15/h7-12H,3-6,13H2,1-2H3,(H,18,19)/b12-11+. The third-order valence-electron chi connectivity index (χ3n) is 2.99. The van der Waals surface area contributed by atoms with Gasteiger partial charge in [0.15, 0.2) is 0 Å². The van der Waals surface area contributed by atoms with Gasteiger partial charge >= 0.3 is 5.97 Å². The Kier molecular flexibility index (Phi) is 7.87. The summed E-state index contributed by atoms with van der Waals surface area (Å²) in [5.74, 6) is -0.827. The third-order valence-corrected chi connectivity index (χ3v) is 2.99. The van der Waals surface area contributed by atoms with Gasteiger partial charge in [-0.15, -0.1) is 0 Å². The first-order chi connectivity index (χ1) is 10.2. The lowest BCUT2D eigenvalue weighted by Crippen LogP contribution is -2.09. The van der Waals surface area contributed by atoms with E-state index >= 15 is 0 Å². The van der Waals surface area contributed by atoms with Crippen molar-refractivity contribution in [2.45, 2.75) is 39.5 Å². The number of esters is 1. The fraction of sp³-hybridized carbons (Fsp3) is 0.412. The minimum atomic E-state index is -0.484. The molecule has 1 amide bonds. The van der Waals surface area contributed by atoms with Gasteiger partial charge in [0.25, 0.3) is 0 Å². The molecule has 0 saturated carbocycles. The van der Waals surface area contributed by atoms with Crippen molar-refractivity contribution < 1.29 is 14.3 Å². The number of rotatable bonds is 8. The maximum Gasteiger partial charge on any atom is 0.330 e. The molecule has 114 valence electrons.